The molecule has 1 heterocycles. The molecule has 0 spiro atoms. The van der Waals surface area contributed by atoms with Crippen LogP contribution in [0.5, 0.6) is 0 Å². The minimum Gasteiger partial charge on any atom is -0.348 e. The number of nitrogens with one attached hydrogen (secondary N) is 1. The molecule has 1 aromatic heterocycles. The van der Waals surface area contributed by atoms with Crippen LogP contribution in [0.2, 0.25) is 6.32 Å². The van der Waals surface area contributed by atoms with Gasteiger partial charge in [0.2, 0.25) is 6.71 Å². The molecule has 2 aromatic carbocycles. The highest BCUT2D eigenvalue weighted by Gasteiger charge is 2.22. The maximum atomic E-state index is 12.2. The first-order valence-corrected chi connectivity index (χ1v) is 11.6. The molecule has 0 fully saturated rings. The average molecular weight is 454 g/mol. The van der Waals surface area contributed by atoms with Crippen molar-refractivity contribution in [2.24, 2.45) is 5.92 Å². The van der Waals surface area contributed by atoms with E-state index in [-0.39, 0.29) is 6.71 Å². The number of alkyl halides is 3. The van der Waals surface area contributed by atoms with Gasteiger partial charge in [0.05, 0.1) is 6.33 Å². The van der Waals surface area contributed by atoms with Crippen molar-refractivity contribution in [3.05, 3.63) is 90.5 Å². The predicted molar refractivity (Wildman–Crippen MR) is 134 cm³/mol. The van der Waals surface area contributed by atoms with Gasteiger partial charge < -0.3 is 4.98 Å². The van der Waals surface area contributed by atoms with Gasteiger partial charge in [0.1, 0.15) is 0 Å². The first kappa shape index (κ1) is 26.5. The maximum Gasteiger partial charge on any atom is 0.409 e. The number of halogens is 3. The predicted octanol–water partition coefficient (Wildman–Crippen LogP) is 6.50. The Bertz CT molecular complexity index is 918. The molecule has 0 radical (unpaired) electrons. The fraction of sp³-hybridized carbons (Fsp3) is 0.370. The summed E-state index contributed by atoms with van der Waals surface area (Å²) in [5.74, 6) is 0.818. The van der Waals surface area contributed by atoms with E-state index >= 15 is 0 Å². The number of hydrogen-bond acceptors (Lipinski definition) is 1. The van der Waals surface area contributed by atoms with E-state index in [0.29, 0.717) is 18.8 Å². The Morgan fingerprint density at radius 2 is 1.67 bits per heavy atom. The molecular weight excluding hydrogens is 420 g/mol. The summed E-state index contributed by atoms with van der Waals surface area (Å²) in [5, 5.41) is 0. The summed E-state index contributed by atoms with van der Waals surface area (Å²) in [6.45, 7) is 6.65. The van der Waals surface area contributed by atoms with Gasteiger partial charge in [-0.2, -0.15) is 13.2 Å². The maximum absolute atomic E-state index is 12.2. The van der Waals surface area contributed by atoms with Crippen LogP contribution in [0.15, 0.2) is 79.3 Å². The normalized spacial score (nSPS) is 11.5. The fourth-order valence-electron chi connectivity index (χ4n) is 3.61. The zero-order chi connectivity index (χ0) is 24.1. The van der Waals surface area contributed by atoms with E-state index in [1.165, 1.54) is 30.2 Å². The molecule has 0 saturated carbocycles. The Hall–Kier alpha value is -2.76. The second-order valence-corrected chi connectivity index (χ2v) is 8.76. The number of hydrogen-bond donors (Lipinski definition) is 1. The van der Waals surface area contributed by atoms with Crippen molar-refractivity contribution in [2.45, 2.75) is 59.0 Å². The van der Waals surface area contributed by atoms with Gasteiger partial charge >= 0.3 is 6.18 Å². The number of aryl methyl sites for hydroxylation is 2. The summed E-state index contributed by atoms with van der Waals surface area (Å²) in [6, 6.07) is 18.1. The van der Waals surface area contributed by atoms with Crippen LogP contribution in [0.25, 0.3) is 0 Å². The SMILES string of the molecule is CC(C)CCCc1cnc[nH]1.Cc1ccc(B(CCC=CC(F)(F)F)c2ccccc2)cc1. The van der Waals surface area contributed by atoms with Crippen molar-refractivity contribution < 1.29 is 13.2 Å². The summed E-state index contributed by atoms with van der Waals surface area (Å²) in [6.07, 6.45) is 5.70. The van der Waals surface area contributed by atoms with Crippen LogP contribution in [0.4, 0.5) is 13.2 Å². The second-order valence-electron chi connectivity index (χ2n) is 8.76. The van der Waals surface area contributed by atoms with E-state index in [1.807, 2.05) is 55.6 Å². The van der Waals surface area contributed by atoms with E-state index in [2.05, 4.69) is 35.9 Å². The molecule has 0 unspecified atom stereocenters. The van der Waals surface area contributed by atoms with Gasteiger partial charge in [-0.1, -0.05) is 104 Å². The number of aromatic nitrogens is 2. The molecule has 0 saturated heterocycles. The van der Waals surface area contributed by atoms with Crippen LogP contribution in [-0.4, -0.2) is 22.9 Å². The van der Waals surface area contributed by atoms with E-state index in [1.54, 1.807) is 6.33 Å². The number of aromatic amines is 1. The van der Waals surface area contributed by atoms with Crippen LogP contribution in [0.1, 0.15) is 44.4 Å². The van der Waals surface area contributed by atoms with Gasteiger partial charge in [0.15, 0.2) is 0 Å². The number of allylic oxidation sites excluding steroid dienone is 2. The monoisotopic (exact) mass is 454 g/mol. The van der Waals surface area contributed by atoms with Crippen molar-refractivity contribution in [1.29, 1.82) is 0 Å². The van der Waals surface area contributed by atoms with Crippen LogP contribution < -0.4 is 10.9 Å². The third kappa shape index (κ3) is 11.1. The molecule has 3 aromatic rings. The lowest BCUT2D eigenvalue weighted by atomic mass is 9.38. The van der Waals surface area contributed by atoms with Crippen molar-refractivity contribution in [3.8, 4) is 0 Å². The number of rotatable bonds is 9. The first-order valence-electron chi connectivity index (χ1n) is 11.6. The van der Waals surface area contributed by atoms with Gasteiger partial charge in [0.25, 0.3) is 0 Å². The molecule has 3 rings (SSSR count). The lowest BCUT2D eigenvalue weighted by molar-refractivity contribution is -0.0800. The highest BCUT2D eigenvalue weighted by molar-refractivity contribution is 6.85. The Kier molecular flexibility index (Phi) is 11.0. The molecule has 0 amide bonds. The van der Waals surface area contributed by atoms with Crippen LogP contribution >= 0.6 is 0 Å². The average Bonchev–Trinajstić information content (AvgIpc) is 3.28. The molecule has 1 N–H and O–H groups in total. The van der Waals surface area contributed by atoms with Gasteiger partial charge in [-0.05, 0) is 32.1 Å². The molecule has 33 heavy (non-hydrogen) atoms. The van der Waals surface area contributed by atoms with Crippen LogP contribution in [0.3, 0.4) is 0 Å². The smallest absolute Gasteiger partial charge is 0.348 e. The topological polar surface area (TPSA) is 28.7 Å². The number of imidazole rings is 1. The molecule has 0 aliphatic carbocycles. The Morgan fingerprint density at radius 3 is 2.24 bits per heavy atom. The summed E-state index contributed by atoms with van der Waals surface area (Å²) in [7, 11) is 0. The highest BCUT2D eigenvalue weighted by atomic mass is 19.4. The number of H-pyrrole nitrogens is 1. The minimum atomic E-state index is -4.23. The van der Waals surface area contributed by atoms with Gasteiger partial charge in [-0.15, -0.1) is 0 Å². The summed E-state index contributed by atoms with van der Waals surface area (Å²) < 4.78 is 36.6. The summed E-state index contributed by atoms with van der Waals surface area (Å²) >= 11 is 0. The van der Waals surface area contributed by atoms with Gasteiger partial charge in [-0.25, -0.2) is 4.98 Å². The Balaban J connectivity index is 0.000000294. The van der Waals surface area contributed by atoms with Crippen molar-refractivity contribution >= 4 is 17.6 Å². The molecule has 0 atom stereocenters. The third-order valence-corrected chi connectivity index (χ3v) is 5.39. The standard InChI is InChI=1S/C18H18BF3.C9H16N2/c1-15-9-11-17(12-10-15)19(16-7-3-2-4-8-16)14-6-5-13-18(20,21)22;1-8(2)4-3-5-9-6-10-7-11-9/h2-5,7-13H,6,14H2,1H3;6-8H,3-5H2,1-2H3,(H,10,11). The Labute approximate surface area is 196 Å². The van der Waals surface area contributed by atoms with E-state index < -0.39 is 6.18 Å². The quantitative estimate of drug-likeness (QED) is 0.290. The Morgan fingerprint density at radius 1 is 1.00 bits per heavy atom. The van der Waals surface area contributed by atoms with Crippen molar-refractivity contribution in [3.63, 3.8) is 0 Å². The molecule has 6 heteroatoms. The minimum absolute atomic E-state index is 0.111. The number of benzene rings is 2. The fourth-order valence-corrected chi connectivity index (χ4v) is 3.61. The second kappa shape index (κ2) is 13.7. The molecule has 176 valence electrons. The van der Waals surface area contributed by atoms with Crippen LogP contribution in [0, 0.1) is 12.8 Å². The van der Waals surface area contributed by atoms with E-state index in [9.17, 15) is 13.2 Å². The zero-order valence-corrected chi connectivity index (χ0v) is 19.8. The molecule has 0 bridgehead atoms. The molecule has 0 aliphatic heterocycles. The largest absolute Gasteiger partial charge is 0.409 e. The zero-order valence-electron chi connectivity index (χ0n) is 19.8. The molecular formula is C27H34BF3N2. The lowest BCUT2D eigenvalue weighted by Gasteiger charge is -2.14. The lowest BCUT2D eigenvalue weighted by Crippen LogP contribution is -2.41. The van der Waals surface area contributed by atoms with E-state index in [0.717, 1.165) is 23.3 Å². The third-order valence-electron chi connectivity index (χ3n) is 5.39. The van der Waals surface area contributed by atoms with Crippen molar-refractivity contribution in [1.82, 2.24) is 9.97 Å². The molecule has 2 nitrogen and oxygen atoms in total. The first-order chi connectivity index (χ1) is 15.7. The van der Waals surface area contributed by atoms with E-state index in [4.69, 9.17) is 0 Å². The van der Waals surface area contributed by atoms with Gasteiger partial charge in [0, 0.05) is 18.0 Å². The van der Waals surface area contributed by atoms with Crippen molar-refractivity contribution in [2.75, 3.05) is 0 Å². The molecule has 0 aliphatic rings. The number of nitrogens with zero attached hydrogens (tertiary/aromatic N) is 1. The summed E-state index contributed by atoms with van der Waals surface area (Å²) in [5.41, 5.74) is 4.70. The summed E-state index contributed by atoms with van der Waals surface area (Å²) in [4.78, 5) is 7.06. The highest BCUT2D eigenvalue weighted by Crippen LogP contribution is 2.17. The van der Waals surface area contributed by atoms with Crippen LogP contribution in [-0.2, 0) is 6.42 Å². The van der Waals surface area contributed by atoms with Gasteiger partial charge in [-0.3, -0.25) is 0 Å².